The number of hydrogen-bond acceptors (Lipinski definition) is 8. The number of fused-ring (bicyclic) bond motifs is 5. The predicted molar refractivity (Wildman–Crippen MR) is 107 cm³/mol. The van der Waals surface area contributed by atoms with Crippen molar-refractivity contribution in [2.24, 2.45) is 0 Å². The molecule has 5 rings (SSSR count). The highest BCUT2D eigenvalue weighted by Crippen LogP contribution is 2.42. The summed E-state index contributed by atoms with van der Waals surface area (Å²) in [5, 5.41) is 14.8. The lowest BCUT2D eigenvalue weighted by molar-refractivity contribution is -0.329. The van der Waals surface area contributed by atoms with Crippen LogP contribution in [0.5, 0.6) is 0 Å². The Bertz CT molecular complexity index is 1030. The van der Waals surface area contributed by atoms with Gasteiger partial charge in [0, 0.05) is 6.42 Å². The van der Waals surface area contributed by atoms with Gasteiger partial charge in [-0.05, 0) is 30.9 Å². The molecule has 0 bridgehead atoms. The second kappa shape index (κ2) is 6.51. The van der Waals surface area contributed by atoms with Gasteiger partial charge in [0.2, 0.25) is 0 Å². The van der Waals surface area contributed by atoms with E-state index >= 15 is 0 Å². The molecule has 0 radical (unpaired) electrons. The fourth-order valence-corrected chi connectivity index (χ4v) is 5.76. The molecule has 1 N–H and O–H groups in total. The van der Waals surface area contributed by atoms with Crippen LogP contribution in [0.1, 0.15) is 25.0 Å². The van der Waals surface area contributed by atoms with Gasteiger partial charge < -0.3 is 9.47 Å². The molecule has 142 valence electrons. The topological polar surface area (TPSA) is 74.5 Å². The zero-order valence-corrected chi connectivity index (χ0v) is 17.3. The van der Waals surface area contributed by atoms with Crippen LogP contribution in [0, 0.1) is 0 Å². The molecule has 0 aromatic carbocycles. The van der Waals surface area contributed by atoms with Crippen LogP contribution in [0.3, 0.4) is 0 Å². The Labute approximate surface area is 165 Å². The van der Waals surface area contributed by atoms with Gasteiger partial charge in [-0.25, -0.2) is 4.98 Å². The fourth-order valence-electron chi connectivity index (χ4n) is 3.95. The summed E-state index contributed by atoms with van der Waals surface area (Å²) in [6.45, 7) is 8.20. The Balaban J connectivity index is 1.81. The van der Waals surface area contributed by atoms with Crippen LogP contribution in [-0.2, 0) is 22.5 Å². The van der Waals surface area contributed by atoms with Crippen LogP contribution in [0.15, 0.2) is 5.03 Å². The lowest BCUT2D eigenvalue weighted by atomic mass is 9.90. The number of rotatable bonds is 2. The third-order valence-electron chi connectivity index (χ3n) is 5.27. The molecule has 1 fully saturated rings. The summed E-state index contributed by atoms with van der Waals surface area (Å²) in [4.78, 5) is 7.22. The summed E-state index contributed by atoms with van der Waals surface area (Å²) < 4.78 is 12.8. The highest BCUT2D eigenvalue weighted by molar-refractivity contribution is 7.98. The third kappa shape index (κ3) is 2.88. The second-order valence-electron chi connectivity index (χ2n) is 7.54. The highest BCUT2D eigenvalue weighted by atomic mass is 32.2. The minimum Gasteiger partial charge on any atom is -0.373 e. The molecule has 0 spiro atoms. The number of nitrogens with one attached hydrogen (secondary N) is 1. The zero-order valence-electron chi connectivity index (χ0n) is 15.7. The zero-order chi connectivity index (χ0) is 18.6. The Hall–Kier alpha value is -1.55. The number of anilines is 1. The Morgan fingerprint density at radius 3 is 2.78 bits per heavy atom. The number of thioether (sulfide) groups is 1. The normalized spacial score (nSPS) is 19.6. The van der Waals surface area contributed by atoms with Crippen molar-refractivity contribution in [3.8, 4) is 0 Å². The van der Waals surface area contributed by atoms with Gasteiger partial charge in [-0.3, -0.25) is 4.90 Å². The molecular weight excluding hydrogens is 382 g/mol. The third-order valence-corrected chi connectivity index (χ3v) is 7.17. The van der Waals surface area contributed by atoms with Crippen LogP contribution < -0.4 is 9.88 Å². The summed E-state index contributed by atoms with van der Waals surface area (Å²) in [6, 6.07) is 0. The van der Waals surface area contributed by atoms with E-state index in [9.17, 15) is 0 Å². The molecule has 2 aliphatic rings. The van der Waals surface area contributed by atoms with Gasteiger partial charge in [-0.1, -0.05) is 11.3 Å². The maximum absolute atomic E-state index is 6.18. The Morgan fingerprint density at radius 1 is 1.19 bits per heavy atom. The molecule has 3 aromatic heterocycles. The van der Waals surface area contributed by atoms with Gasteiger partial charge in [-0.15, -0.1) is 22.0 Å². The number of H-pyrrole nitrogens is 1. The van der Waals surface area contributed by atoms with Gasteiger partial charge in [0.25, 0.3) is 5.82 Å². The SMILES string of the molecule is CSc1nnnc2c1sc1[nH+]c(N3CCOCC3)c3c(c12)CC(C)(C)OC3. The minimum absolute atomic E-state index is 0.194. The van der Waals surface area contributed by atoms with E-state index in [1.807, 2.05) is 6.26 Å². The fraction of sp³-hybridized carbons (Fsp3) is 0.556. The molecule has 27 heavy (non-hydrogen) atoms. The van der Waals surface area contributed by atoms with Crippen molar-refractivity contribution < 1.29 is 14.5 Å². The predicted octanol–water partition coefficient (Wildman–Crippen LogP) is 2.46. The lowest BCUT2D eigenvalue weighted by Gasteiger charge is -2.33. The van der Waals surface area contributed by atoms with Gasteiger partial charge in [-0.2, -0.15) is 0 Å². The van der Waals surface area contributed by atoms with E-state index in [1.54, 1.807) is 23.1 Å². The van der Waals surface area contributed by atoms with Gasteiger partial charge in [0.05, 0.1) is 41.1 Å². The first-order valence-electron chi connectivity index (χ1n) is 9.10. The van der Waals surface area contributed by atoms with Crippen LogP contribution >= 0.6 is 23.1 Å². The Kier molecular flexibility index (Phi) is 4.23. The standard InChI is InChI=1S/C18H21N5O2S2/c1-18(2)8-10-11(9-25-18)15(23-4-6-24-7-5-23)19-16-12(10)13-14(27-16)17(26-3)21-22-20-13/h4-9H2,1-3H3/p+1. The minimum atomic E-state index is -0.194. The molecule has 7 nitrogen and oxygen atoms in total. The number of nitrogens with zero attached hydrogens (tertiary/aromatic N) is 4. The first kappa shape index (κ1) is 17.5. The van der Waals surface area contributed by atoms with Gasteiger partial charge in [0.1, 0.15) is 23.6 Å². The maximum atomic E-state index is 6.18. The summed E-state index contributed by atoms with van der Waals surface area (Å²) in [7, 11) is 0. The highest BCUT2D eigenvalue weighted by Gasteiger charge is 2.36. The molecule has 0 aliphatic carbocycles. The average Bonchev–Trinajstić information content (AvgIpc) is 3.06. The van der Waals surface area contributed by atoms with E-state index < -0.39 is 0 Å². The van der Waals surface area contributed by atoms with Crippen molar-refractivity contribution in [3.05, 3.63) is 11.1 Å². The van der Waals surface area contributed by atoms with Gasteiger partial charge in [0.15, 0.2) is 4.83 Å². The van der Waals surface area contributed by atoms with Crippen molar-refractivity contribution in [1.29, 1.82) is 0 Å². The average molecular weight is 405 g/mol. The van der Waals surface area contributed by atoms with Crippen molar-refractivity contribution >= 4 is 49.3 Å². The lowest BCUT2D eigenvalue weighted by Crippen LogP contribution is -2.42. The van der Waals surface area contributed by atoms with E-state index in [0.29, 0.717) is 6.61 Å². The first-order chi connectivity index (χ1) is 13.1. The summed E-state index contributed by atoms with van der Waals surface area (Å²) >= 11 is 3.34. The number of aromatic amines is 1. The number of morpholine rings is 1. The molecule has 3 aromatic rings. The maximum Gasteiger partial charge on any atom is 0.281 e. The molecule has 9 heteroatoms. The monoisotopic (exact) mass is 404 g/mol. The number of ether oxygens (including phenoxy) is 2. The van der Waals surface area contributed by atoms with Crippen molar-refractivity contribution in [3.63, 3.8) is 0 Å². The van der Waals surface area contributed by atoms with Crippen molar-refractivity contribution in [2.75, 3.05) is 37.5 Å². The second-order valence-corrected chi connectivity index (χ2v) is 9.35. The van der Waals surface area contributed by atoms with Crippen molar-refractivity contribution in [2.45, 2.75) is 37.5 Å². The molecule has 0 amide bonds. The summed E-state index contributed by atoms with van der Waals surface area (Å²) in [5.41, 5.74) is 3.33. The van der Waals surface area contributed by atoms with Crippen molar-refractivity contribution in [1.82, 2.24) is 15.4 Å². The molecule has 1 saturated heterocycles. The van der Waals surface area contributed by atoms with Crippen LogP contribution in [0.2, 0.25) is 0 Å². The largest absolute Gasteiger partial charge is 0.373 e. The number of thiophene rings is 1. The summed E-state index contributed by atoms with van der Waals surface area (Å²) in [5.74, 6) is 1.16. The van der Waals surface area contributed by atoms with Crippen LogP contribution in [0.4, 0.5) is 5.82 Å². The van der Waals surface area contributed by atoms with Gasteiger partial charge >= 0.3 is 0 Å². The quantitative estimate of drug-likeness (QED) is 0.608. The molecule has 0 unspecified atom stereocenters. The summed E-state index contributed by atoms with van der Waals surface area (Å²) in [6.07, 6.45) is 2.89. The van der Waals surface area contributed by atoms with Crippen LogP contribution in [-0.4, -0.2) is 53.6 Å². The number of hydrogen-bond donors (Lipinski definition) is 0. The molecule has 0 atom stereocenters. The van der Waals surface area contributed by atoms with Crippen LogP contribution in [0.25, 0.3) is 20.4 Å². The molecule has 2 aliphatic heterocycles. The van der Waals surface area contributed by atoms with E-state index in [0.717, 1.165) is 58.6 Å². The van der Waals surface area contributed by atoms with E-state index in [4.69, 9.17) is 9.47 Å². The van der Waals surface area contributed by atoms with E-state index in [-0.39, 0.29) is 5.60 Å². The van der Waals surface area contributed by atoms with E-state index in [2.05, 4.69) is 39.1 Å². The number of aromatic nitrogens is 4. The number of pyridine rings is 1. The van der Waals surface area contributed by atoms with E-state index in [1.165, 1.54) is 16.5 Å². The molecule has 5 heterocycles. The molecule has 0 saturated carbocycles. The smallest absolute Gasteiger partial charge is 0.281 e. The molecular formula is C18H22N5O2S2+. The Morgan fingerprint density at radius 2 is 2.00 bits per heavy atom. The first-order valence-corrected chi connectivity index (χ1v) is 11.1.